The van der Waals surface area contributed by atoms with E-state index in [4.69, 9.17) is 10.5 Å². The lowest BCUT2D eigenvalue weighted by Gasteiger charge is -2.20. The first kappa shape index (κ1) is 11.3. The second kappa shape index (κ2) is 4.37. The third kappa shape index (κ3) is 2.32. The summed E-state index contributed by atoms with van der Waals surface area (Å²) in [4.78, 5) is 0. The van der Waals surface area contributed by atoms with Crippen LogP contribution in [0, 0.1) is 5.92 Å². The van der Waals surface area contributed by atoms with Gasteiger partial charge >= 0.3 is 0 Å². The van der Waals surface area contributed by atoms with Gasteiger partial charge in [0, 0.05) is 12.3 Å². The van der Waals surface area contributed by atoms with Crippen molar-refractivity contribution in [1.82, 2.24) is 0 Å². The number of nitrogens with two attached hydrogens (primary N) is 1. The van der Waals surface area contributed by atoms with Crippen LogP contribution in [0.1, 0.15) is 12.8 Å². The van der Waals surface area contributed by atoms with Crippen molar-refractivity contribution in [2.24, 2.45) is 11.7 Å². The van der Waals surface area contributed by atoms with Gasteiger partial charge < -0.3 is 10.5 Å². The van der Waals surface area contributed by atoms with E-state index < -0.39 is 12.0 Å². The van der Waals surface area contributed by atoms with Crippen molar-refractivity contribution in [3.05, 3.63) is 30.3 Å². The van der Waals surface area contributed by atoms with Gasteiger partial charge in [0.15, 0.2) is 0 Å². The molecule has 1 aromatic carbocycles. The Morgan fingerprint density at radius 1 is 1.31 bits per heavy atom. The van der Waals surface area contributed by atoms with E-state index in [1.165, 1.54) is 0 Å². The largest absolute Gasteiger partial charge is 0.493 e. The molecule has 1 saturated carbocycles. The van der Waals surface area contributed by atoms with Gasteiger partial charge in [0.25, 0.3) is 5.92 Å². The Morgan fingerprint density at radius 2 is 2.00 bits per heavy atom. The van der Waals surface area contributed by atoms with Crippen molar-refractivity contribution in [3.8, 4) is 5.75 Å². The molecule has 0 unspecified atom stereocenters. The molecule has 0 heterocycles. The predicted molar refractivity (Wildman–Crippen MR) is 57.6 cm³/mol. The normalized spacial score (nSPS) is 27.9. The summed E-state index contributed by atoms with van der Waals surface area (Å²) in [5, 5.41) is 0. The topological polar surface area (TPSA) is 35.2 Å². The van der Waals surface area contributed by atoms with Crippen LogP contribution in [-0.4, -0.2) is 18.6 Å². The number of para-hydroxylation sites is 1. The van der Waals surface area contributed by atoms with Gasteiger partial charge in [-0.15, -0.1) is 0 Å². The highest BCUT2D eigenvalue weighted by Gasteiger charge is 2.47. The Balaban J connectivity index is 1.88. The van der Waals surface area contributed by atoms with Gasteiger partial charge in [0.05, 0.1) is 12.6 Å². The van der Waals surface area contributed by atoms with Gasteiger partial charge in [0.1, 0.15) is 5.75 Å². The molecule has 1 aliphatic carbocycles. The minimum Gasteiger partial charge on any atom is -0.493 e. The molecule has 2 atom stereocenters. The van der Waals surface area contributed by atoms with Crippen LogP contribution in [0.25, 0.3) is 0 Å². The van der Waals surface area contributed by atoms with E-state index in [0.717, 1.165) is 0 Å². The number of benzene rings is 1. The molecule has 2 nitrogen and oxygen atoms in total. The molecule has 2 rings (SSSR count). The molecule has 0 bridgehead atoms. The summed E-state index contributed by atoms with van der Waals surface area (Å²) in [5.41, 5.74) is 5.49. The van der Waals surface area contributed by atoms with Crippen LogP contribution in [0.4, 0.5) is 8.78 Å². The molecule has 0 amide bonds. The van der Waals surface area contributed by atoms with Crippen molar-refractivity contribution >= 4 is 0 Å². The van der Waals surface area contributed by atoms with Crippen molar-refractivity contribution in [2.45, 2.75) is 24.8 Å². The van der Waals surface area contributed by atoms with E-state index in [9.17, 15) is 8.78 Å². The second-order valence-corrected chi connectivity index (χ2v) is 4.21. The minimum absolute atomic E-state index is 0.128. The van der Waals surface area contributed by atoms with E-state index >= 15 is 0 Å². The van der Waals surface area contributed by atoms with Crippen molar-refractivity contribution in [1.29, 1.82) is 0 Å². The number of rotatable bonds is 3. The van der Waals surface area contributed by atoms with Crippen LogP contribution >= 0.6 is 0 Å². The second-order valence-electron chi connectivity index (χ2n) is 4.21. The average Bonchev–Trinajstić information content (AvgIpc) is 2.54. The average molecular weight is 227 g/mol. The van der Waals surface area contributed by atoms with Gasteiger partial charge in [-0.2, -0.15) is 0 Å². The summed E-state index contributed by atoms with van der Waals surface area (Å²) in [6, 6.07) is 8.10. The lowest BCUT2D eigenvalue weighted by Crippen LogP contribution is -2.41. The van der Waals surface area contributed by atoms with E-state index in [0.29, 0.717) is 12.2 Å². The zero-order chi connectivity index (χ0) is 11.6. The lowest BCUT2D eigenvalue weighted by molar-refractivity contribution is -0.0150. The Kier molecular flexibility index (Phi) is 3.10. The monoisotopic (exact) mass is 227 g/mol. The zero-order valence-corrected chi connectivity index (χ0v) is 8.90. The molecule has 0 aromatic heterocycles. The van der Waals surface area contributed by atoms with E-state index in [2.05, 4.69) is 0 Å². The third-order valence-corrected chi connectivity index (χ3v) is 3.05. The number of halogens is 2. The van der Waals surface area contributed by atoms with Gasteiger partial charge in [-0.25, -0.2) is 8.78 Å². The number of hydrogen-bond acceptors (Lipinski definition) is 2. The fourth-order valence-electron chi connectivity index (χ4n) is 1.98. The Hall–Kier alpha value is -1.16. The number of hydrogen-bond donors (Lipinski definition) is 1. The maximum atomic E-state index is 13.1. The first-order valence-corrected chi connectivity index (χ1v) is 5.41. The SMILES string of the molecule is N[C@@H]1[C@@H](COc2ccccc2)CCC1(F)F. The van der Waals surface area contributed by atoms with Gasteiger partial charge in [-0.3, -0.25) is 0 Å². The predicted octanol–water partition coefficient (Wildman–Crippen LogP) is 2.44. The van der Waals surface area contributed by atoms with Crippen molar-refractivity contribution in [2.75, 3.05) is 6.61 Å². The standard InChI is InChI=1S/C12H15F2NO/c13-12(14)7-6-9(11(12)15)8-16-10-4-2-1-3-5-10/h1-5,9,11H,6-8,15H2/t9-,11-/m1/s1. The third-order valence-electron chi connectivity index (χ3n) is 3.05. The Labute approximate surface area is 93.4 Å². The first-order chi connectivity index (χ1) is 7.59. The zero-order valence-electron chi connectivity index (χ0n) is 8.90. The molecule has 88 valence electrons. The lowest BCUT2D eigenvalue weighted by atomic mass is 10.1. The summed E-state index contributed by atoms with van der Waals surface area (Å²) >= 11 is 0. The van der Waals surface area contributed by atoms with Gasteiger partial charge in [-0.05, 0) is 18.6 Å². The fourth-order valence-corrected chi connectivity index (χ4v) is 1.98. The molecule has 1 aliphatic rings. The molecule has 0 saturated heterocycles. The van der Waals surface area contributed by atoms with E-state index in [1.807, 2.05) is 18.2 Å². The summed E-state index contributed by atoms with van der Waals surface area (Å²) in [6.07, 6.45) is 0.304. The van der Waals surface area contributed by atoms with Crippen LogP contribution in [0.5, 0.6) is 5.75 Å². The maximum absolute atomic E-state index is 13.1. The summed E-state index contributed by atoms with van der Waals surface area (Å²) in [6.45, 7) is 0.265. The number of alkyl halides is 2. The van der Waals surface area contributed by atoms with E-state index in [1.54, 1.807) is 12.1 Å². The van der Waals surface area contributed by atoms with Gasteiger partial charge in [0.2, 0.25) is 0 Å². The van der Waals surface area contributed by atoms with Crippen molar-refractivity contribution < 1.29 is 13.5 Å². The summed E-state index contributed by atoms with van der Waals surface area (Å²) in [5.74, 6) is -2.29. The smallest absolute Gasteiger partial charge is 0.263 e. The van der Waals surface area contributed by atoms with Crippen LogP contribution in [0.15, 0.2) is 30.3 Å². The highest BCUT2D eigenvalue weighted by Crippen LogP contribution is 2.38. The summed E-state index contributed by atoms with van der Waals surface area (Å²) < 4.78 is 31.7. The minimum atomic E-state index is -2.73. The summed E-state index contributed by atoms with van der Waals surface area (Å²) in [7, 11) is 0. The van der Waals surface area contributed by atoms with Crippen molar-refractivity contribution in [3.63, 3.8) is 0 Å². The molecule has 0 radical (unpaired) electrons. The van der Waals surface area contributed by atoms with Crippen LogP contribution in [0.3, 0.4) is 0 Å². The molecule has 0 spiro atoms. The molecule has 0 aliphatic heterocycles. The van der Waals surface area contributed by atoms with Crippen LogP contribution in [0.2, 0.25) is 0 Å². The quantitative estimate of drug-likeness (QED) is 0.860. The molecule has 1 aromatic rings. The molecular weight excluding hydrogens is 212 g/mol. The van der Waals surface area contributed by atoms with Crippen LogP contribution < -0.4 is 10.5 Å². The van der Waals surface area contributed by atoms with Crippen LogP contribution in [-0.2, 0) is 0 Å². The highest BCUT2D eigenvalue weighted by molar-refractivity contribution is 5.21. The molecule has 4 heteroatoms. The molecule has 16 heavy (non-hydrogen) atoms. The maximum Gasteiger partial charge on any atom is 0.263 e. The molecular formula is C12H15F2NO. The Bertz CT molecular complexity index is 342. The molecule has 1 fully saturated rings. The van der Waals surface area contributed by atoms with E-state index in [-0.39, 0.29) is 18.9 Å². The number of ether oxygens (including phenoxy) is 1. The van der Waals surface area contributed by atoms with Gasteiger partial charge in [-0.1, -0.05) is 18.2 Å². The first-order valence-electron chi connectivity index (χ1n) is 5.41. The fraction of sp³-hybridized carbons (Fsp3) is 0.500. The molecule has 2 N–H and O–H groups in total. The Morgan fingerprint density at radius 3 is 2.56 bits per heavy atom. The highest BCUT2D eigenvalue weighted by atomic mass is 19.3.